The maximum Gasteiger partial charge on any atom is 0.201 e. The zero-order valence-electron chi connectivity index (χ0n) is 17.6. The van der Waals surface area contributed by atoms with Crippen LogP contribution in [0.1, 0.15) is 11.9 Å². The number of rotatable bonds is 6. The molecule has 164 valence electrons. The van der Waals surface area contributed by atoms with Crippen molar-refractivity contribution >= 4 is 7.85 Å². The third-order valence-electron chi connectivity index (χ3n) is 5.39. The van der Waals surface area contributed by atoms with Crippen LogP contribution in [0.25, 0.3) is 22.3 Å². The molecule has 3 nitrogen and oxygen atoms in total. The van der Waals surface area contributed by atoms with Crippen LogP contribution >= 0.6 is 0 Å². The van der Waals surface area contributed by atoms with Crippen LogP contribution < -0.4 is 4.74 Å². The topological polar surface area (TPSA) is 27.7 Å². The van der Waals surface area contributed by atoms with E-state index in [1.54, 1.807) is 50.3 Å². The van der Waals surface area contributed by atoms with E-state index in [2.05, 4.69) is 6.58 Å². The molecule has 1 aliphatic rings. The van der Waals surface area contributed by atoms with E-state index in [0.29, 0.717) is 29.9 Å². The molecule has 1 heterocycles. The van der Waals surface area contributed by atoms with Crippen molar-refractivity contribution in [2.45, 2.75) is 6.29 Å². The second kappa shape index (κ2) is 9.63. The summed E-state index contributed by atoms with van der Waals surface area (Å²) in [4.78, 5) is 0. The van der Waals surface area contributed by atoms with Crippen LogP contribution in [0.15, 0.2) is 67.3 Å². The van der Waals surface area contributed by atoms with Crippen molar-refractivity contribution in [2.75, 3.05) is 19.7 Å². The molecule has 0 unspecified atom stereocenters. The van der Waals surface area contributed by atoms with Crippen LogP contribution in [-0.4, -0.2) is 27.6 Å². The first-order valence-corrected chi connectivity index (χ1v) is 10.4. The van der Waals surface area contributed by atoms with E-state index < -0.39 is 23.7 Å². The minimum absolute atomic E-state index is 0.0979. The van der Waals surface area contributed by atoms with Crippen molar-refractivity contribution in [3.8, 4) is 28.0 Å². The summed E-state index contributed by atoms with van der Waals surface area (Å²) < 4.78 is 59.7. The van der Waals surface area contributed by atoms with Crippen molar-refractivity contribution in [3.05, 3.63) is 90.3 Å². The fourth-order valence-electron chi connectivity index (χ4n) is 3.60. The van der Waals surface area contributed by atoms with Crippen LogP contribution in [0.2, 0.25) is 0 Å². The summed E-state index contributed by atoms with van der Waals surface area (Å²) in [6, 6.07) is 14.5. The molecule has 4 rings (SSSR count). The molecule has 0 bridgehead atoms. The maximum absolute atomic E-state index is 14.8. The number of ether oxygens (including phenoxy) is 3. The predicted molar refractivity (Wildman–Crippen MR) is 120 cm³/mol. The lowest BCUT2D eigenvalue weighted by molar-refractivity contribution is -0.198. The highest BCUT2D eigenvalue weighted by Crippen LogP contribution is 2.33. The second-order valence-electron chi connectivity index (χ2n) is 7.48. The highest BCUT2D eigenvalue weighted by Gasteiger charge is 2.24. The second-order valence-corrected chi connectivity index (χ2v) is 7.48. The average Bonchev–Trinajstić information content (AvgIpc) is 2.82. The molecule has 0 aliphatic carbocycles. The fourth-order valence-corrected chi connectivity index (χ4v) is 3.60. The molecule has 0 spiro atoms. The zero-order valence-corrected chi connectivity index (χ0v) is 17.6. The lowest BCUT2D eigenvalue weighted by atomic mass is 9.98. The highest BCUT2D eigenvalue weighted by atomic mass is 19.2. The molecule has 7 heteroatoms. The third kappa shape index (κ3) is 4.45. The van der Waals surface area contributed by atoms with E-state index in [0.717, 1.165) is 5.56 Å². The Labute approximate surface area is 185 Å². The molecule has 0 atom stereocenters. The normalized spacial score (nSPS) is 18.3. The lowest BCUT2D eigenvalue weighted by Gasteiger charge is -2.28. The van der Waals surface area contributed by atoms with Crippen molar-refractivity contribution in [2.24, 2.45) is 5.92 Å². The van der Waals surface area contributed by atoms with Gasteiger partial charge in [0.1, 0.15) is 5.82 Å². The van der Waals surface area contributed by atoms with E-state index in [1.807, 2.05) is 0 Å². The van der Waals surface area contributed by atoms with Gasteiger partial charge in [-0.2, -0.15) is 4.39 Å². The van der Waals surface area contributed by atoms with Gasteiger partial charge in [-0.1, -0.05) is 42.5 Å². The number of hydrogen-bond acceptors (Lipinski definition) is 3. The molecule has 0 saturated carbocycles. The molecule has 3 aromatic rings. The first-order valence-electron chi connectivity index (χ1n) is 10.4. The number of halogens is 3. The number of hydrogen-bond donors (Lipinski definition) is 0. The summed E-state index contributed by atoms with van der Waals surface area (Å²) in [5.41, 5.74) is 2.36. The van der Waals surface area contributed by atoms with Gasteiger partial charge in [-0.15, -0.1) is 6.58 Å². The summed E-state index contributed by atoms with van der Waals surface area (Å²) in [5.74, 6) is -2.44. The van der Waals surface area contributed by atoms with Crippen LogP contribution in [0.4, 0.5) is 13.2 Å². The van der Waals surface area contributed by atoms with Gasteiger partial charge in [0.2, 0.25) is 5.82 Å². The van der Waals surface area contributed by atoms with Crippen LogP contribution in [-0.2, 0) is 9.47 Å². The van der Waals surface area contributed by atoms with Crippen molar-refractivity contribution in [1.29, 1.82) is 0 Å². The Morgan fingerprint density at radius 3 is 2.19 bits per heavy atom. The largest absolute Gasteiger partial charge is 0.500 e. The molecule has 0 aromatic heterocycles. The molecule has 0 N–H and O–H groups in total. The van der Waals surface area contributed by atoms with Crippen molar-refractivity contribution in [3.63, 3.8) is 0 Å². The van der Waals surface area contributed by atoms with Gasteiger partial charge in [-0.05, 0) is 34.9 Å². The minimum atomic E-state index is -1.02. The van der Waals surface area contributed by atoms with E-state index in [9.17, 15) is 13.2 Å². The van der Waals surface area contributed by atoms with Crippen LogP contribution in [0, 0.1) is 23.4 Å². The first-order chi connectivity index (χ1) is 15.5. The molecular formula is C25H22BF3O3. The van der Waals surface area contributed by atoms with Gasteiger partial charge in [-0.3, -0.25) is 0 Å². The molecule has 1 saturated heterocycles. The van der Waals surface area contributed by atoms with Gasteiger partial charge >= 0.3 is 0 Å². The van der Waals surface area contributed by atoms with Gasteiger partial charge in [0, 0.05) is 17.0 Å². The Morgan fingerprint density at radius 1 is 0.906 bits per heavy atom. The molecule has 0 amide bonds. The monoisotopic (exact) mass is 438 g/mol. The van der Waals surface area contributed by atoms with Gasteiger partial charge in [0.15, 0.2) is 25.7 Å². The minimum Gasteiger partial charge on any atom is -0.500 e. The lowest BCUT2D eigenvalue weighted by Crippen LogP contribution is -2.26. The third-order valence-corrected chi connectivity index (χ3v) is 5.39. The Kier molecular flexibility index (Phi) is 6.67. The zero-order chi connectivity index (χ0) is 22.7. The van der Waals surface area contributed by atoms with Crippen LogP contribution in [0.3, 0.4) is 0 Å². The summed E-state index contributed by atoms with van der Waals surface area (Å²) >= 11 is 0. The molecule has 1 aliphatic heterocycles. The average molecular weight is 438 g/mol. The molecule has 1 fully saturated rings. The maximum atomic E-state index is 14.8. The summed E-state index contributed by atoms with van der Waals surface area (Å²) in [7, 11) is 1.70. The molecule has 3 aromatic carbocycles. The highest BCUT2D eigenvalue weighted by molar-refractivity contribution is 6.08. The smallest absolute Gasteiger partial charge is 0.201 e. The van der Waals surface area contributed by atoms with E-state index >= 15 is 0 Å². The van der Waals surface area contributed by atoms with E-state index in [1.165, 1.54) is 18.2 Å². The first kappa shape index (κ1) is 22.2. The summed E-state index contributed by atoms with van der Waals surface area (Å²) in [6.07, 6.45) is 1.01. The molecule has 0 radical (unpaired) electrons. The Hall–Kier alpha value is -3.03. The summed E-state index contributed by atoms with van der Waals surface area (Å²) in [6.45, 7) is 4.82. The Balaban J connectivity index is 1.54. The molecular weight excluding hydrogens is 416 g/mol. The molecule has 32 heavy (non-hydrogen) atoms. The SMILES string of the molecule is BCOc1ccc(-c2ccc(-c3ccc(C4OCC(C=C)CO4)c(F)c3)cc2)c(F)c1F. The van der Waals surface area contributed by atoms with Gasteiger partial charge < -0.3 is 14.2 Å². The predicted octanol–water partition coefficient (Wildman–Crippen LogP) is 5.25. The number of benzene rings is 3. The Bertz CT molecular complexity index is 1110. The van der Waals surface area contributed by atoms with Gasteiger partial charge in [-0.25, -0.2) is 8.78 Å². The van der Waals surface area contributed by atoms with Crippen molar-refractivity contribution in [1.82, 2.24) is 0 Å². The van der Waals surface area contributed by atoms with E-state index in [4.69, 9.17) is 14.2 Å². The quantitative estimate of drug-likeness (QED) is 0.389. The fraction of sp³-hybridized carbons (Fsp3) is 0.200. The summed E-state index contributed by atoms with van der Waals surface area (Å²) in [5, 5.41) is 0. The van der Waals surface area contributed by atoms with Gasteiger partial charge in [0.05, 0.1) is 19.7 Å². The standard InChI is InChI=1S/C25H22BF3O3/c1-2-15-12-30-25(31-13-15)20-8-7-18(11-21(20)27)16-3-5-17(6-4-16)19-9-10-22(32-14-26)24(29)23(19)28/h2-11,15,25H,1,12-14,26H2. The van der Waals surface area contributed by atoms with Crippen molar-refractivity contribution < 1.29 is 27.4 Å². The van der Waals surface area contributed by atoms with Crippen LogP contribution in [0.5, 0.6) is 5.75 Å². The van der Waals surface area contributed by atoms with E-state index in [-0.39, 0.29) is 23.7 Å². The van der Waals surface area contributed by atoms with Gasteiger partial charge in [0.25, 0.3) is 0 Å². The Morgan fingerprint density at radius 2 is 1.56 bits per heavy atom.